The highest BCUT2D eigenvalue weighted by molar-refractivity contribution is 8.23. The summed E-state index contributed by atoms with van der Waals surface area (Å²) in [6.07, 6.45) is 1.08. The fourth-order valence-electron chi connectivity index (χ4n) is 4.24. The first-order chi connectivity index (χ1) is 14.3. The minimum atomic E-state index is -0.325. The number of pyridine rings is 1. The third-order valence-electron chi connectivity index (χ3n) is 5.82. The quantitative estimate of drug-likeness (QED) is 0.691. The van der Waals surface area contributed by atoms with Gasteiger partial charge in [-0.05, 0) is 49.9 Å². The molecule has 1 N–H and O–H groups in total. The Hall–Kier alpha value is -1.83. The molecular weight excluding hydrogens is 438 g/mol. The molecule has 2 aliphatic rings. The molecule has 1 aromatic carbocycles. The van der Waals surface area contributed by atoms with Gasteiger partial charge >= 0.3 is 0 Å². The Labute approximate surface area is 190 Å². The lowest BCUT2D eigenvalue weighted by atomic mass is 9.83. The molecule has 1 saturated heterocycles. The van der Waals surface area contributed by atoms with Gasteiger partial charge in [0.05, 0.1) is 5.25 Å². The zero-order valence-electron chi connectivity index (χ0n) is 16.9. The van der Waals surface area contributed by atoms with Crippen molar-refractivity contribution >= 4 is 51.5 Å². The van der Waals surface area contributed by atoms with E-state index in [2.05, 4.69) is 10.2 Å². The van der Waals surface area contributed by atoms with Crippen LogP contribution in [0.2, 0.25) is 5.02 Å². The summed E-state index contributed by atoms with van der Waals surface area (Å²) in [7, 11) is 0. The summed E-state index contributed by atoms with van der Waals surface area (Å²) in [6, 6.07) is 11.0. The number of likely N-dealkylation sites (tertiary alicyclic amines) is 1. The molecule has 3 atom stereocenters. The minimum Gasteiger partial charge on any atom is -0.356 e. The molecule has 0 spiro atoms. The lowest BCUT2D eigenvalue weighted by molar-refractivity contribution is -0.115. The standard InChI is InChI=1S/C22H24ClN3O2S2/c1-13-6-7-17(9-18(13)23)24-21(28)14(2)30-22(29)25-10-15-8-16(12-25)19-4-3-5-20(27)26(19)11-15/h3-7,9,14-16H,8,10-12H2,1-2H3,(H,24,28)/t14-,15+,16-/m0/s1. The van der Waals surface area contributed by atoms with E-state index < -0.39 is 0 Å². The van der Waals surface area contributed by atoms with Gasteiger partial charge < -0.3 is 14.8 Å². The fourth-order valence-corrected chi connectivity index (χ4v) is 5.77. The van der Waals surface area contributed by atoms with Gasteiger partial charge in [0.25, 0.3) is 5.56 Å². The van der Waals surface area contributed by atoms with Gasteiger partial charge in [0.2, 0.25) is 5.91 Å². The lowest BCUT2D eigenvalue weighted by Gasteiger charge is -2.43. The molecule has 1 fully saturated rings. The molecule has 158 valence electrons. The summed E-state index contributed by atoms with van der Waals surface area (Å²) < 4.78 is 2.65. The van der Waals surface area contributed by atoms with Crippen molar-refractivity contribution < 1.29 is 4.79 Å². The molecule has 2 aromatic rings. The zero-order valence-corrected chi connectivity index (χ0v) is 19.3. The van der Waals surface area contributed by atoms with Crippen LogP contribution in [-0.2, 0) is 11.3 Å². The number of fused-ring (bicyclic) bond motifs is 4. The maximum Gasteiger partial charge on any atom is 0.250 e. The number of hydrogen-bond acceptors (Lipinski definition) is 4. The van der Waals surface area contributed by atoms with Gasteiger partial charge in [0, 0.05) is 48.0 Å². The number of nitrogens with one attached hydrogen (secondary N) is 1. The van der Waals surface area contributed by atoms with Crippen molar-refractivity contribution in [3.8, 4) is 0 Å². The molecule has 1 aromatic heterocycles. The van der Waals surface area contributed by atoms with Crippen LogP contribution < -0.4 is 10.9 Å². The van der Waals surface area contributed by atoms with Crippen molar-refractivity contribution in [2.45, 2.75) is 38.0 Å². The number of piperidine rings is 1. The second kappa shape index (κ2) is 8.73. The molecule has 0 aliphatic carbocycles. The van der Waals surface area contributed by atoms with E-state index in [0.717, 1.165) is 41.6 Å². The van der Waals surface area contributed by atoms with E-state index in [0.29, 0.717) is 22.5 Å². The van der Waals surface area contributed by atoms with Crippen LogP contribution in [0.25, 0.3) is 0 Å². The predicted molar refractivity (Wildman–Crippen MR) is 128 cm³/mol. The highest BCUT2D eigenvalue weighted by atomic mass is 35.5. The molecule has 5 nitrogen and oxygen atoms in total. The Morgan fingerprint density at radius 3 is 2.83 bits per heavy atom. The molecule has 3 heterocycles. The smallest absolute Gasteiger partial charge is 0.250 e. The second-order valence-electron chi connectivity index (χ2n) is 8.08. The number of rotatable bonds is 3. The van der Waals surface area contributed by atoms with Gasteiger partial charge in [-0.2, -0.15) is 0 Å². The number of aryl methyl sites for hydroxylation is 1. The number of hydrogen-bond donors (Lipinski definition) is 1. The Morgan fingerprint density at radius 1 is 1.27 bits per heavy atom. The van der Waals surface area contributed by atoms with E-state index in [9.17, 15) is 9.59 Å². The number of amides is 1. The van der Waals surface area contributed by atoms with Crippen molar-refractivity contribution in [1.82, 2.24) is 9.47 Å². The lowest BCUT2D eigenvalue weighted by Crippen LogP contribution is -2.48. The van der Waals surface area contributed by atoms with Crippen LogP contribution in [0.5, 0.6) is 0 Å². The van der Waals surface area contributed by atoms with Gasteiger partial charge in [-0.1, -0.05) is 47.7 Å². The predicted octanol–water partition coefficient (Wildman–Crippen LogP) is 4.27. The van der Waals surface area contributed by atoms with Crippen LogP contribution in [0.1, 0.15) is 30.5 Å². The van der Waals surface area contributed by atoms with E-state index in [-0.39, 0.29) is 16.7 Å². The molecular formula is C22H24ClN3O2S2. The van der Waals surface area contributed by atoms with Crippen LogP contribution in [0.4, 0.5) is 5.69 Å². The maximum atomic E-state index is 12.6. The average molecular weight is 462 g/mol. The molecule has 2 bridgehead atoms. The zero-order chi connectivity index (χ0) is 21.4. The number of carbonyl (C=O) groups is 1. The molecule has 4 rings (SSSR count). The van der Waals surface area contributed by atoms with Gasteiger partial charge in [-0.3, -0.25) is 9.59 Å². The van der Waals surface area contributed by atoms with Crippen LogP contribution in [0, 0.1) is 12.8 Å². The third-order valence-corrected chi connectivity index (χ3v) is 7.81. The first-order valence-corrected chi connectivity index (χ1v) is 11.7. The molecule has 0 unspecified atom stereocenters. The third kappa shape index (κ3) is 4.43. The van der Waals surface area contributed by atoms with E-state index in [1.807, 2.05) is 42.7 Å². The highest BCUT2D eigenvalue weighted by Crippen LogP contribution is 2.36. The van der Waals surface area contributed by atoms with Crippen LogP contribution in [-0.4, -0.2) is 38.0 Å². The van der Waals surface area contributed by atoms with Gasteiger partial charge in [-0.15, -0.1) is 0 Å². The largest absolute Gasteiger partial charge is 0.356 e. The summed E-state index contributed by atoms with van der Waals surface area (Å²) >= 11 is 13.3. The number of thiocarbonyl (C=S) groups is 1. The van der Waals surface area contributed by atoms with Crippen molar-refractivity contribution in [3.63, 3.8) is 0 Å². The SMILES string of the molecule is Cc1ccc(NC(=O)[C@H](C)SC(=S)N2C[C@H]3C[C@@H](C2)c2cccc(=O)n2C3)cc1Cl. The van der Waals surface area contributed by atoms with Crippen LogP contribution >= 0.6 is 35.6 Å². The molecule has 2 aliphatic heterocycles. The van der Waals surface area contributed by atoms with E-state index in [1.54, 1.807) is 12.1 Å². The van der Waals surface area contributed by atoms with E-state index in [1.165, 1.54) is 11.8 Å². The van der Waals surface area contributed by atoms with E-state index in [4.69, 9.17) is 23.8 Å². The summed E-state index contributed by atoms with van der Waals surface area (Å²) in [4.78, 5) is 27.0. The number of nitrogens with zero attached hydrogens (tertiary/aromatic N) is 2. The van der Waals surface area contributed by atoms with Crippen molar-refractivity contribution in [2.75, 3.05) is 18.4 Å². The van der Waals surface area contributed by atoms with Gasteiger partial charge in [-0.25, -0.2) is 0 Å². The number of anilines is 1. The first kappa shape index (κ1) is 21.4. The second-order valence-corrected chi connectivity index (χ2v) is 10.5. The minimum absolute atomic E-state index is 0.0779. The summed E-state index contributed by atoms with van der Waals surface area (Å²) in [6.45, 7) is 6.13. The number of aromatic nitrogens is 1. The normalized spacial score (nSPS) is 21.0. The van der Waals surface area contributed by atoms with Crippen molar-refractivity contribution in [2.24, 2.45) is 5.92 Å². The number of thioether (sulfide) groups is 1. The van der Waals surface area contributed by atoms with Gasteiger partial charge in [0.1, 0.15) is 4.32 Å². The summed E-state index contributed by atoms with van der Waals surface area (Å²) in [5, 5.41) is 3.22. The first-order valence-electron chi connectivity index (χ1n) is 10.0. The van der Waals surface area contributed by atoms with Crippen LogP contribution in [0.3, 0.4) is 0 Å². The van der Waals surface area contributed by atoms with E-state index >= 15 is 0 Å². The number of halogens is 1. The monoisotopic (exact) mass is 461 g/mol. The Morgan fingerprint density at radius 2 is 2.07 bits per heavy atom. The fraction of sp³-hybridized carbons (Fsp3) is 0.409. The topological polar surface area (TPSA) is 54.3 Å². The number of carbonyl (C=O) groups excluding carboxylic acids is 1. The van der Waals surface area contributed by atoms with Crippen LogP contribution in [0.15, 0.2) is 41.2 Å². The molecule has 1 amide bonds. The maximum absolute atomic E-state index is 12.6. The Kier molecular flexibility index (Phi) is 6.23. The Balaban J connectivity index is 1.39. The Bertz CT molecular complexity index is 1050. The molecule has 0 saturated carbocycles. The number of benzene rings is 1. The summed E-state index contributed by atoms with van der Waals surface area (Å²) in [5.41, 5.74) is 2.83. The molecule has 0 radical (unpaired) electrons. The van der Waals surface area contributed by atoms with Crippen molar-refractivity contribution in [1.29, 1.82) is 0 Å². The molecule has 8 heteroatoms. The highest BCUT2D eigenvalue weighted by Gasteiger charge is 2.35. The molecule has 30 heavy (non-hydrogen) atoms. The average Bonchev–Trinajstić information content (AvgIpc) is 2.71. The van der Waals surface area contributed by atoms with Gasteiger partial charge in [0.15, 0.2) is 0 Å². The van der Waals surface area contributed by atoms with Crippen molar-refractivity contribution in [3.05, 3.63) is 63.0 Å². The summed E-state index contributed by atoms with van der Waals surface area (Å²) in [5.74, 6) is 0.592.